The van der Waals surface area contributed by atoms with Crippen LogP contribution in [0.4, 0.5) is 5.69 Å². The van der Waals surface area contributed by atoms with Crippen molar-refractivity contribution < 1.29 is 14.3 Å². The molecule has 4 rings (SSSR count). The first-order valence-electron chi connectivity index (χ1n) is 11.2. The molecule has 31 heavy (non-hydrogen) atoms. The Balaban J connectivity index is 1.20. The number of likely N-dealkylation sites (tertiary alicyclic amines) is 1. The summed E-state index contributed by atoms with van der Waals surface area (Å²) in [6.07, 6.45) is 3.38. The number of anilines is 1. The summed E-state index contributed by atoms with van der Waals surface area (Å²) in [5, 5.41) is 3.10. The monoisotopic (exact) mass is 421 g/mol. The Morgan fingerprint density at radius 3 is 2.65 bits per heavy atom. The molecule has 0 unspecified atom stereocenters. The van der Waals surface area contributed by atoms with E-state index in [-0.39, 0.29) is 24.5 Å². The number of rotatable bonds is 7. The van der Waals surface area contributed by atoms with Crippen LogP contribution in [0.5, 0.6) is 5.75 Å². The zero-order valence-electron chi connectivity index (χ0n) is 18.2. The normalized spacial score (nSPS) is 17.7. The van der Waals surface area contributed by atoms with Gasteiger partial charge in [0, 0.05) is 50.4 Å². The zero-order valence-corrected chi connectivity index (χ0v) is 18.2. The molecule has 2 aliphatic rings. The minimum atomic E-state index is -0.0974. The number of benzene rings is 2. The zero-order chi connectivity index (χ0) is 21.6. The van der Waals surface area contributed by atoms with Gasteiger partial charge in [-0.2, -0.15) is 0 Å². The van der Waals surface area contributed by atoms with Gasteiger partial charge >= 0.3 is 0 Å². The van der Waals surface area contributed by atoms with Crippen molar-refractivity contribution in [1.29, 1.82) is 0 Å². The van der Waals surface area contributed by atoms with E-state index < -0.39 is 0 Å². The molecule has 0 radical (unpaired) electrons. The minimum absolute atomic E-state index is 0.0130. The van der Waals surface area contributed by atoms with Gasteiger partial charge in [0.25, 0.3) is 5.91 Å². The number of carbonyl (C=O) groups is 2. The third-order valence-electron chi connectivity index (χ3n) is 6.01. The van der Waals surface area contributed by atoms with Crippen molar-refractivity contribution in [3.05, 3.63) is 59.7 Å². The molecule has 2 aromatic rings. The van der Waals surface area contributed by atoms with E-state index in [2.05, 4.69) is 41.4 Å². The minimum Gasteiger partial charge on any atom is -0.484 e. The molecule has 2 amide bonds. The molecule has 6 nitrogen and oxygen atoms in total. The Bertz CT molecular complexity index is 922. The van der Waals surface area contributed by atoms with E-state index in [0.717, 1.165) is 51.1 Å². The van der Waals surface area contributed by atoms with Gasteiger partial charge in [-0.15, -0.1) is 0 Å². The first-order chi connectivity index (χ1) is 15.1. The predicted molar refractivity (Wildman–Crippen MR) is 121 cm³/mol. The molecular weight excluding hydrogens is 390 g/mol. The van der Waals surface area contributed by atoms with Gasteiger partial charge in [0.1, 0.15) is 5.75 Å². The molecule has 0 aliphatic carbocycles. The molecule has 0 saturated carbocycles. The third kappa shape index (κ3) is 5.85. The highest BCUT2D eigenvalue weighted by molar-refractivity contribution is 5.95. The molecule has 0 atom stereocenters. The van der Waals surface area contributed by atoms with Crippen LogP contribution in [0.25, 0.3) is 0 Å². The van der Waals surface area contributed by atoms with Crippen LogP contribution in [0.3, 0.4) is 0 Å². The second-order valence-electron chi connectivity index (χ2n) is 8.54. The maximum atomic E-state index is 12.4. The topological polar surface area (TPSA) is 61.9 Å². The lowest BCUT2D eigenvalue weighted by molar-refractivity contribution is -0.124. The molecule has 0 bridgehead atoms. The summed E-state index contributed by atoms with van der Waals surface area (Å²) < 4.78 is 5.70. The Hall–Kier alpha value is -2.86. The summed E-state index contributed by atoms with van der Waals surface area (Å²) in [6.45, 7) is 5.76. The number of amides is 2. The number of nitrogens with one attached hydrogen (secondary N) is 1. The maximum Gasteiger partial charge on any atom is 0.258 e. The molecular formula is C25H31N3O3. The quantitative estimate of drug-likeness (QED) is 0.745. The van der Waals surface area contributed by atoms with Crippen LogP contribution in [0.2, 0.25) is 0 Å². The fraction of sp³-hybridized carbons (Fsp3) is 0.440. The Labute approximate surface area is 184 Å². The fourth-order valence-electron chi connectivity index (χ4n) is 4.38. The maximum absolute atomic E-state index is 12.4. The van der Waals surface area contributed by atoms with Crippen LogP contribution in [0.1, 0.15) is 36.8 Å². The molecule has 0 aromatic heterocycles. The standard InChI is InChI=1S/C25H31N3O3/c1-19-5-2-6-20(15-19)17-27-13-10-21(11-14-27)26-24(29)18-31-23-8-3-7-22(16-23)28-12-4-9-25(28)30/h2-3,5-8,15-16,21H,4,9-14,17-18H2,1H3,(H,26,29). The number of carbonyl (C=O) groups excluding carboxylic acids is 2. The van der Waals surface area contributed by atoms with Crippen molar-refractivity contribution in [3.8, 4) is 5.75 Å². The van der Waals surface area contributed by atoms with Gasteiger partial charge in [-0.3, -0.25) is 14.5 Å². The van der Waals surface area contributed by atoms with Gasteiger partial charge < -0.3 is 15.0 Å². The SMILES string of the molecule is Cc1cccc(CN2CCC(NC(=O)COc3cccc(N4CCCC4=O)c3)CC2)c1. The average molecular weight is 422 g/mol. The van der Waals surface area contributed by atoms with Crippen molar-refractivity contribution >= 4 is 17.5 Å². The molecule has 2 fully saturated rings. The van der Waals surface area contributed by atoms with E-state index in [1.165, 1.54) is 11.1 Å². The van der Waals surface area contributed by atoms with E-state index in [1.807, 2.05) is 24.3 Å². The molecule has 2 aromatic carbocycles. The van der Waals surface area contributed by atoms with E-state index in [4.69, 9.17) is 4.74 Å². The first kappa shape index (κ1) is 21.4. The molecule has 0 spiro atoms. The highest BCUT2D eigenvalue weighted by Crippen LogP contribution is 2.25. The smallest absolute Gasteiger partial charge is 0.258 e. The first-order valence-corrected chi connectivity index (χ1v) is 11.2. The van der Waals surface area contributed by atoms with Crippen molar-refractivity contribution in [2.24, 2.45) is 0 Å². The van der Waals surface area contributed by atoms with Crippen LogP contribution in [0, 0.1) is 6.92 Å². The number of ether oxygens (including phenoxy) is 1. The van der Waals surface area contributed by atoms with Crippen molar-refractivity contribution in [2.45, 2.75) is 45.2 Å². The largest absolute Gasteiger partial charge is 0.484 e. The predicted octanol–water partition coefficient (Wildman–Crippen LogP) is 3.28. The highest BCUT2D eigenvalue weighted by atomic mass is 16.5. The molecule has 2 heterocycles. The summed E-state index contributed by atoms with van der Waals surface area (Å²) in [5.74, 6) is 0.656. The van der Waals surface area contributed by atoms with Crippen molar-refractivity contribution in [2.75, 3.05) is 31.1 Å². The number of nitrogens with zero attached hydrogens (tertiary/aromatic N) is 2. The third-order valence-corrected chi connectivity index (χ3v) is 6.01. The Morgan fingerprint density at radius 1 is 1.10 bits per heavy atom. The van der Waals surface area contributed by atoms with Gasteiger partial charge in [-0.1, -0.05) is 35.9 Å². The summed E-state index contributed by atoms with van der Waals surface area (Å²) in [6, 6.07) is 16.2. The van der Waals surface area contributed by atoms with Crippen molar-refractivity contribution in [1.82, 2.24) is 10.2 Å². The lowest BCUT2D eigenvalue weighted by atomic mass is 10.0. The second-order valence-corrected chi connectivity index (χ2v) is 8.54. The molecule has 2 aliphatic heterocycles. The van der Waals surface area contributed by atoms with Crippen LogP contribution in [-0.4, -0.2) is 49.0 Å². The van der Waals surface area contributed by atoms with Gasteiger partial charge in [0.2, 0.25) is 5.91 Å². The van der Waals surface area contributed by atoms with Crippen LogP contribution < -0.4 is 15.0 Å². The average Bonchev–Trinajstić information content (AvgIpc) is 3.20. The van der Waals surface area contributed by atoms with Crippen molar-refractivity contribution in [3.63, 3.8) is 0 Å². The lowest BCUT2D eigenvalue weighted by Crippen LogP contribution is -2.45. The van der Waals surface area contributed by atoms with E-state index in [1.54, 1.807) is 4.90 Å². The van der Waals surface area contributed by atoms with Crippen LogP contribution in [0.15, 0.2) is 48.5 Å². The molecule has 164 valence electrons. The summed E-state index contributed by atoms with van der Waals surface area (Å²) in [7, 11) is 0. The summed E-state index contributed by atoms with van der Waals surface area (Å²) in [5.41, 5.74) is 3.47. The Morgan fingerprint density at radius 2 is 1.90 bits per heavy atom. The number of aryl methyl sites for hydroxylation is 1. The summed E-state index contributed by atoms with van der Waals surface area (Å²) >= 11 is 0. The number of hydrogen-bond donors (Lipinski definition) is 1. The van der Waals surface area contributed by atoms with Crippen LogP contribution in [-0.2, 0) is 16.1 Å². The molecule has 1 N–H and O–H groups in total. The molecule has 6 heteroatoms. The summed E-state index contributed by atoms with van der Waals surface area (Å²) in [4.78, 5) is 28.5. The van der Waals surface area contributed by atoms with E-state index in [0.29, 0.717) is 12.2 Å². The highest BCUT2D eigenvalue weighted by Gasteiger charge is 2.23. The van der Waals surface area contributed by atoms with Crippen LogP contribution >= 0.6 is 0 Å². The van der Waals surface area contributed by atoms with Gasteiger partial charge in [0.05, 0.1) is 0 Å². The van der Waals surface area contributed by atoms with Gasteiger partial charge in [-0.25, -0.2) is 0 Å². The lowest BCUT2D eigenvalue weighted by Gasteiger charge is -2.32. The van der Waals surface area contributed by atoms with Gasteiger partial charge in [0.15, 0.2) is 6.61 Å². The fourth-order valence-corrected chi connectivity index (χ4v) is 4.38. The number of hydrogen-bond acceptors (Lipinski definition) is 4. The van der Waals surface area contributed by atoms with E-state index in [9.17, 15) is 9.59 Å². The molecule has 2 saturated heterocycles. The second kappa shape index (κ2) is 9.96. The number of piperidine rings is 1. The van der Waals surface area contributed by atoms with Gasteiger partial charge in [-0.05, 0) is 43.9 Å². The Kier molecular flexibility index (Phi) is 6.87. The van der Waals surface area contributed by atoms with E-state index >= 15 is 0 Å².